The lowest BCUT2D eigenvalue weighted by Gasteiger charge is -2.15. The first kappa shape index (κ1) is 12.7. The molecule has 18 heavy (non-hydrogen) atoms. The van der Waals surface area contributed by atoms with E-state index in [1.165, 1.54) is 31.7 Å². The van der Waals surface area contributed by atoms with E-state index in [4.69, 9.17) is 0 Å². The Morgan fingerprint density at radius 3 is 2.83 bits per heavy atom. The van der Waals surface area contributed by atoms with E-state index in [2.05, 4.69) is 9.97 Å². The third-order valence-electron chi connectivity index (χ3n) is 2.46. The van der Waals surface area contributed by atoms with Crippen LogP contribution in [-0.2, 0) is 16.6 Å². The number of aromatic nitrogens is 2. The van der Waals surface area contributed by atoms with Crippen molar-refractivity contribution in [3.05, 3.63) is 48.2 Å². The molecule has 0 saturated heterocycles. The van der Waals surface area contributed by atoms with Gasteiger partial charge in [-0.05, 0) is 17.7 Å². The van der Waals surface area contributed by atoms with Crippen LogP contribution in [0.2, 0.25) is 0 Å². The molecule has 0 aliphatic carbocycles. The van der Waals surface area contributed by atoms with Gasteiger partial charge in [-0.25, -0.2) is 17.8 Å². The van der Waals surface area contributed by atoms with Gasteiger partial charge in [0.2, 0.25) is 0 Å². The van der Waals surface area contributed by atoms with Crippen molar-refractivity contribution in [3.8, 4) is 0 Å². The molecule has 0 saturated carbocycles. The number of nitrogens with zero attached hydrogens (tertiary/aromatic N) is 2. The number of hydrogen-bond acceptors (Lipinski definition) is 3. The van der Waals surface area contributed by atoms with E-state index in [1.807, 2.05) is 0 Å². The molecule has 1 heterocycles. The van der Waals surface area contributed by atoms with Crippen LogP contribution in [-0.4, -0.2) is 29.7 Å². The summed E-state index contributed by atoms with van der Waals surface area (Å²) in [5.74, 6) is -0.389. The lowest BCUT2D eigenvalue weighted by Crippen LogP contribution is -2.26. The highest BCUT2D eigenvalue weighted by Gasteiger charge is 2.22. The number of rotatable bonds is 4. The predicted molar refractivity (Wildman–Crippen MR) is 63.6 cm³/mol. The summed E-state index contributed by atoms with van der Waals surface area (Å²) in [5, 5.41) is 0.0152. The second kappa shape index (κ2) is 4.87. The van der Waals surface area contributed by atoms with Crippen LogP contribution >= 0.6 is 0 Å². The van der Waals surface area contributed by atoms with Gasteiger partial charge in [0.25, 0.3) is 10.0 Å². The van der Waals surface area contributed by atoms with Crippen molar-refractivity contribution in [1.29, 1.82) is 0 Å². The molecular formula is C11H12FN3O2S. The van der Waals surface area contributed by atoms with Crippen molar-refractivity contribution in [2.24, 2.45) is 0 Å². The van der Waals surface area contributed by atoms with E-state index < -0.39 is 10.0 Å². The van der Waals surface area contributed by atoms with Gasteiger partial charge < -0.3 is 4.98 Å². The number of aromatic amines is 1. The minimum atomic E-state index is -3.61. The molecule has 5 nitrogen and oxygen atoms in total. The molecule has 7 heteroatoms. The molecule has 1 N–H and O–H groups in total. The predicted octanol–water partition coefficient (Wildman–Crippen LogP) is 1.37. The zero-order chi connectivity index (χ0) is 13.2. The number of halogens is 1. The Labute approximate surface area is 104 Å². The van der Waals surface area contributed by atoms with Crippen LogP contribution in [0.15, 0.2) is 41.8 Å². The highest BCUT2D eigenvalue weighted by Crippen LogP contribution is 2.14. The lowest BCUT2D eigenvalue weighted by atomic mass is 10.2. The van der Waals surface area contributed by atoms with E-state index in [0.29, 0.717) is 5.56 Å². The summed E-state index contributed by atoms with van der Waals surface area (Å²) in [5.41, 5.74) is 0.584. The summed E-state index contributed by atoms with van der Waals surface area (Å²) in [6.45, 7) is 0.0963. The molecule has 0 bridgehead atoms. The van der Waals surface area contributed by atoms with Gasteiger partial charge in [-0.2, -0.15) is 4.31 Å². The second-order valence-electron chi connectivity index (χ2n) is 3.81. The molecule has 96 valence electrons. The van der Waals surface area contributed by atoms with Gasteiger partial charge in [-0.1, -0.05) is 12.1 Å². The fraction of sp³-hybridized carbons (Fsp3) is 0.182. The summed E-state index contributed by atoms with van der Waals surface area (Å²) < 4.78 is 38.2. The smallest absolute Gasteiger partial charge is 0.260 e. The third kappa shape index (κ3) is 2.57. The van der Waals surface area contributed by atoms with Crippen molar-refractivity contribution in [2.75, 3.05) is 7.05 Å². The first-order chi connectivity index (χ1) is 8.50. The molecule has 0 radical (unpaired) electrons. The Balaban J connectivity index is 2.20. The Hall–Kier alpha value is -1.73. The Morgan fingerprint density at radius 2 is 2.22 bits per heavy atom. The SMILES string of the molecule is CN(Cc1cccc(F)c1)S(=O)(=O)c1cnc[nH]1. The number of hydrogen-bond donors (Lipinski definition) is 1. The molecule has 1 aromatic carbocycles. The maximum absolute atomic E-state index is 13.0. The van der Waals surface area contributed by atoms with Crippen LogP contribution in [0.5, 0.6) is 0 Å². The average Bonchev–Trinajstić information content (AvgIpc) is 2.82. The second-order valence-corrected chi connectivity index (χ2v) is 5.82. The maximum Gasteiger partial charge on any atom is 0.260 e. The molecule has 0 fully saturated rings. The van der Waals surface area contributed by atoms with Crippen molar-refractivity contribution < 1.29 is 12.8 Å². The number of H-pyrrole nitrogens is 1. The lowest BCUT2D eigenvalue weighted by molar-refractivity contribution is 0.463. The summed E-state index contributed by atoms with van der Waals surface area (Å²) in [7, 11) is -2.18. The minimum absolute atomic E-state index is 0.0152. The topological polar surface area (TPSA) is 66.1 Å². The molecule has 1 aromatic heterocycles. The molecule has 2 aromatic rings. The van der Waals surface area contributed by atoms with Gasteiger partial charge in [0.1, 0.15) is 5.82 Å². The zero-order valence-electron chi connectivity index (χ0n) is 9.67. The highest BCUT2D eigenvalue weighted by atomic mass is 32.2. The fourth-order valence-corrected chi connectivity index (χ4v) is 2.58. The molecule has 0 atom stereocenters. The monoisotopic (exact) mass is 269 g/mol. The van der Waals surface area contributed by atoms with E-state index in [1.54, 1.807) is 12.1 Å². The number of nitrogens with one attached hydrogen (secondary N) is 1. The molecule has 2 rings (SSSR count). The summed E-state index contributed by atoms with van der Waals surface area (Å²) in [6.07, 6.45) is 2.53. The molecule has 0 aliphatic heterocycles. The van der Waals surface area contributed by atoms with Gasteiger partial charge in [0, 0.05) is 13.6 Å². The van der Waals surface area contributed by atoms with Crippen molar-refractivity contribution in [2.45, 2.75) is 11.6 Å². The van der Waals surface area contributed by atoms with E-state index in [9.17, 15) is 12.8 Å². The molecule has 0 amide bonds. The molecule has 0 aliphatic rings. The summed E-state index contributed by atoms with van der Waals surface area (Å²) >= 11 is 0. The normalized spacial score (nSPS) is 11.9. The Bertz CT molecular complexity index is 625. The Kier molecular flexibility index (Phi) is 3.44. The molecule has 0 unspecified atom stereocenters. The van der Waals surface area contributed by atoms with E-state index in [0.717, 1.165) is 4.31 Å². The van der Waals surface area contributed by atoms with Crippen LogP contribution in [0.25, 0.3) is 0 Å². The van der Waals surface area contributed by atoms with Crippen LogP contribution in [0.4, 0.5) is 4.39 Å². The number of sulfonamides is 1. The average molecular weight is 269 g/mol. The largest absolute Gasteiger partial charge is 0.335 e. The first-order valence-corrected chi connectivity index (χ1v) is 6.63. The maximum atomic E-state index is 13.0. The Morgan fingerprint density at radius 1 is 1.44 bits per heavy atom. The van der Waals surface area contributed by atoms with Gasteiger partial charge >= 0.3 is 0 Å². The molecular weight excluding hydrogens is 257 g/mol. The summed E-state index contributed by atoms with van der Waals surface area (Å²) in [6, 6.07) is 5.83. The molecule has 0 spiro atoms. The van der Waals surface area contributed by atoms with Crippen LogP contribution in [0.3, 0.4) is 0 Å². The zero-order valence-corrected chi connectivity index (χ0v) is 10.5. The number of imidazole rings is 1. The quantitative estimate of drug-likeness (QED) is 0.911. The van der Waals surface area contributed by atoms with Crippen LogP contribution in [0.1, 0.15) is 5.56 Å². The van der Waals surface area contributed by atoms with Gasteiger partial charge in [-0.15, -0.1) is 0 Å². The fourth-order valence-electron chi connectivity index (χ4n) is 1.53. The van der Waals surface area contributed by atoms with Crippen molar-refractivity contribution >= 4 is 10.0 Å². The number of benzene rings is 1. The highest BCUT2D eigenvalue weighted by molar-refractivity contribution is 7.89. The minimum Gasteiger partial charge on any atom is -0.335 e. The van der Waals surface area contributed by atoms with Gasteiger partial charge in [0.05, 0.1) is 12.5 Å². The van der Waals surface area contributed by atoms with E-state index in [-0.39, 0.29) is 17.4 Å². The van der Waals surface area contributed by atoms with Gasteiger partial charge in [0.15, 0.2) is 5.03 Å². The van der Waals surface area contributed by atoms with Gasteiger partial charge in [-0.3, -0.25) is 0 Å². The summed E-state index contributed by atoms with van der Waals surface area (Å²) in [4.78, 5) is 6.21. The standard InChI is InChI=1S/C11H12FN3O2S/c1-15(7-9-3-2-4-10(12)5-9)18(16,17)11-6-13-8-14-11/h2-6,8H,7H2,1H3,(H,13,14). The van der Waals surface area contributed by atoms with Crippen LogP contribution in [0, 0.1) is 5.82 Å². The first-order valence-electron chi connectivity index (χ1n) is 5.19. The van der Waals surface area contributed by atoms with E-state index >= 15 is 0 Å². The van der Waals surface area contributed by atoms with Crippen molar-refractivity contribution in [1.82, 2.24) is 14.3 Å². The third-order valence-corrected chi connectivity index (χ3v) is 4.18. The van der Waals surface area contributed by atoms with Crippen LogP contribution < -0.4 is 0 Å². The van der Waals surface area contributed by atoms with Crippen molar-refractivity contribution in [3.63, 3.8) is 0 Å².